The highest BCUT2D eigenvalue weighted by Gasteiger charge is 2.37. The zero-order valence-electron chi connectivity index (χ0n) is 16.2. The van der Waals surface area contributed by atoms with E-state index in [9.17, 15) is 30.4 Å². The summed E-state index contributed by atoms with van der Waals surface area (Å²) in [5.41, 5.74) is -1.02. The van der Waals surface area contributed by atoms with E-state index in [1.54, 1.807) is 13.8 Å². The second-order valence-corrected chi connectivity index (χ2v) is 9.12. The SMILES string of the molecule is CC1(C)CC(S(=O)(=O)COc2c(F)c(F)c(OCc3ccccc3F)c(F)c2F)=NO1. The van der Waals surface area contributed by atoms with Gasteiger partial charge in [0.15, 0.2) is 22.5 Å². The third kappa shape index (κ3) is 4.73. The van der Waals surface area contributed by atoms with Crippen LogP contribution in [0.4, 0.5) is 22.0 Å². The van der Waals surface area contributed by atoms with Gasteiger partial charge in [0.05, 0.1) is 0 Å². The summed E-state index contributed by atoms with van der Waals surface area (Å²) < 4.78 is 104. The van der Waals surface area contributed by atoms with Crippen molar-refractivity contribution in [1.29, 1.82) is 0 Å². The van der Waals surface area contributed by atoms with Gasteiger partial charge < -0.3 is 14.3 Å². The molecule has 0 bridgehead atoms. The minimum absolute atomic E-state index is 0.115. The third-order valence-electron chi connectivity index (χ3n) is 4.20. The Kier molecular flexibility index (Phi) is 6.12. The molecule has 0 aliphatic carbocycles. The second kappa shape index (κ2) is 8.33. The van der Waals surface area contributed by atoms with Crippen LogP contribution in [0.15, 0.2) is 29.4 Å². The maximum Gasteiger partial charge on any atom is 0.230 e. The monoisotopic (exact) mass is 465 g/mol. The van der Waals surface area contributed by atoms with Crippen LogP contribution in [0.5, 0.6) is 11.5 Å². The summed E-state index contributed by atoms with van der Waals surface area (Å²) >= 11 is 0. The van der Waals surface area contributed by atoms with E-state index in [1.807, 2.05) is 0 Å². The largest absolute Gasteiger partial charge is 0.483 e. The van der Waals surface area contributed by atoms with Crippen molar-refractivity contribution in [3.8, 4) is 11.5 Å². The van der Waals surface area contributed by atoms with Crippen molar-refractivity contribution in [2.45, 2.75) is 32.5 Å². The lowest BCUT2D eigenvalue weighted by molar-refractivity contribution is 0.0123. The maximum absolute atomic E-state index is 14.3. The lowest BCUT2D eigenvalue weighted by atomic mass is 10.1. The molecular weight excluding hydrogens is 449 g/mol. The highest BCUT2D eigenvalue weighted by atomic mass is 32.2. The molecule has 0 aromatic heterocycles. The van der Waals surface area contributed by atoms with Gasteiger partial charge >= 0.3 is 0 Å². The number of sulfone groups is 1. The average molecular weight is 465 g/mol. The lowest BCUT2D eigenvalue weighted by Gasteiger charge is -2.15. The van der Waals surface area contributed by atoms with Crippen LogP contribution < -0.4 is 9.47 Å². The smallest absolute Gasteiger partial charge is 0.230 e. The van der Waals surface area contributed by atoms with Crippen molar-refractivity contribution in [2.75, 3.05) is 5.94 Å². The Hall–Kier alpha value is -2.89. The van der Waals surface area contributed by atoms with Crippen LogP contribution in [0.25, 0.3) is 0 Å². The summed E-state index contributed by atoms with van der Waals surface area (Å²) in [6.45, 7) is 2.40. The Morgan fingerprint density at radius 1 is 0.968 bits per heavy atom. The molecule has 3 rings (SSSR count). The standard InChI is InChI=1S/C19H16F5NO5S/c1-19(2)7-12(25-30-19)31(26,27)9-29-18-15(23)13(21)17(14(22)16(18)24)28-8-10-5-3-4-6-11(10)20/h3-6H,7-9H2,1-2H3. The fourth-order valence-electron chi connectivity index (χ4n) is 2.58. The molecule has 0 saturated carbocycles. The van der Waals surface area contributed by atoms with E-state index in [0.717, 1.165) is 6.07 Å². The quantitative estimate of drug-likeness (QED) is 0.472. The van der Waals surface area contributed by atoms with Gasteiger partial charge in [0, 0.05) is 12.0 Å². The molecule has 1 aliphatic heterocycles. The van der Waals surface area contributed by atoms with E-state index in [4.69, 9.17) is 9.57 Å². The van der Waals surface area contributed by atoms with Crippen molar-refractivity contribution < 1.29 is 44.7 Å². The molecule has 2 aromatic rings. The number of ether oxygens (including phenoxy) is 2. The lowest BCUT2D eigenvalue weighted by Crippen LogP contribution is -2.26. The molecule has 1 aliphatic rings. The van der Waals surface area contributed by atoms with Crippen molar-refractivity contribution in [1.82, 2.24) is 0 Å². The fraction of sp³-hybridized carbons (Fsp3) is 0.316. The zero-order valence-corrected chi connectivity index (χ0v) is 17.0. The summed E-state index contributed by atoms with van der Waals surface area (Å²) in [6.07, 6.45) is -0.130. The number of hydrogen-bond donors (Lipinski definition) is 0. The fourth-order valence-corrected chi connectivity index (χ4v) is 3.71. The van der Waals surface area contributed by atoms with Crippen LogP contribution >= 0.6 is 0 Å². The summed E-state index contributed by atoms with van der Waals surface area (Å²) in [5.74, 6) is -13.1. The first-order valence-corrected chi connectivity index (χ1v) is 10.4. The highest BCUT2D eigenvalue weighted by Crippen LogP contribution is 2.35. The molecule has 0 spiro atoms. The predicted molar refractivity (Wildman–Crippen MR) is 98.6 cm³/mol. The maximum atomic E-state index is 14.3. The van der Waals surface area contributed by atoms with Gasteiger partial charge in [-0.3, -0.25) is 0 Å². The summed E-state index contributed by atoms with van der Waals surface area (Å²) in [6, 6.07) is 5.10. The Morgan fingerprint density at radius 3 is 2.03 bits per heavy atom. The van der Waals surface area contributed by atoms with Crippen LogP contribution in [0.1, 0.15) is 25.8 Å². The topological polar surface area (TPSA) is 74.2 Å². The van der Waals surface area contributed by atoms with Crippen LogP contribution in [0, 0.1) is 29.1 Å². The molecule has 0 saturated heterocycles. The van der Waals surface area contributed by atoms with Crippen molar-refractivity contribution in [3.05, 3.63) is 58.9 Å². The van der Waals surface area contributed by atoms with Crippen molar-refractivity contribution in [2.24, 2.45) is 5.16 Å². The Bertz CT molecular complexity index is 1120. The van der Waals surface area contributed by atoms with E-state index in [1.165, 1.54) is 18.2 Å². The molecule has 0 atom stereocenters. The number of hydrogen-bond acceptors (Lipinski definition) is 6. The molecule has 1 heterocycles. The van der Waals surface area contributed by atoms with Gasteiger partial charge in [0.2, 0.25) is 33.1 Å². The van der Waals surface area contributed by atoms with Gasteiger partial charge in [-0.2, -0.15) is 17.6 Å². The van der Waals surface area contributed by atoms with Gasteiger partial charge in [-0.1, -0.05) is 23.4 Å². The Balaban J connectivity index is 1.81. The Morgan fingerprint density at radius 2 is 1.52 bits per heavy atom. The number of benzene rings is 2. The minimum Gasteiger partial charge on any atom is -0.483 e. The second-order valence-electron chi connectivity index (χ2n) is 7.18. The predicted octanol–water partition coefficient (Wildman–Crippen LogP) is 4.22. The molecule has 0 unspecified atom stereocenters. The molecule has 0 fully saturated rings. The van der Waals surface area contributed by atoms with E-state index >= 15 is 0 Å². The molecule has 168 valence electrons. The van der Waals surface area contributed by atoms with Gasteiger partial charge in [-0.25, -0.2) is 12.8 Å². The normalized spacial score (nSPS) is 15.4. The first kappa shape index (κ1) is 22.8. The van der Waals surface area contributed by atoms with E-state index < -0.39 is 73.6 Å². The van der Waals surface area contributed by atoms with E-state index in [2.05, 4.69) is 9.89 Å². The van der Waals surface area contributed by atoms with Gasteiger partial charge in [-0.05, 0) is 19.9 Å². The Labute approximate surface area is 174 Å². The van der Waals surface area contributed by atoms with Crippen molar-refractivity contribution >= 4 is 14.9 Å². The molecule has 12 heteroatoms. The van der Waals surface area contributed by atoms with Crippen LogP contribution in [-0.4, -0.2) is 25.0 Å². The van der Waals surface area contributed by atoms with Crippen LogP contribution in [0.3, 0.4) is 0 Å². The molecular formula is C19H16F5NO5S. The number of nitrogens with zero attached hydrogens (tertiary/aromatic N) is 1. The molecule has 6 nitrogen and oxygen atoms in total. The van der Waals surface area contributed by atoms with Crippen molar-refractivity contribution in [3.63, 3.8) is 0 Å². The van der Waals surface area contributed by atoms with Gasteiger partial charge in [-0.15, -0.1) is 0 Å². The molecule has 0 N–H and O–H groups in total. The number of halogens is 5. The molecule has 2 aromatic carbocycles. The van der Waals surface area contributed by atoms with Crippen LogP contribution in [-0.2, 0) is 21.3 Å². The molecule has 31 heavy (non-hydrogen) atoms. The van der Waals surface area contributed by atoms with Gasteiger partial charge in [0.25, 0.3) is 0 Å². The van der Waals surface area contributed by atoms with Crippen LogP contribution in [0.2, 0.25) is 0 Å². The number of oxime groups is 1. The van der Waals surface area contributed by atoms with E-state index in [0.29, 0.717) is 0 Å². The van der Waals surface area contributed by atoms with Gasteiger partial charge in [0.1, 0.15) is 18.0 Å². The molecule has 0 radical (unpaired) electrons. The van der Waals surface area contributed by atoms with E-state index in [-0.39, 0.29) is 12.0 Å². The summed E-state index contributed by atoms with van der Waals surface area (Å²) in [7, 11) is -4.30. The third-order valence-corrected chi connectivity index (χ3v) is 5.57. The first-order chi connectivity index (χ1) is 14.4. The zero-order chi connectivity index (χ0) is 23.0. The summed E-state index contributed by atoms with van der Waals surface area (Å²) in [4.78, 5) is 4.91. The first-order valence-electron chi connectivity index (χ1n) is 8.75. The average Bonchev–Trinajstić information content (AvgIpc) is 3.08. The summed E-state index contributed by atoms with van der Waals surface area (Å²) in [5, 5.41) is 2.95. The highest BCUT2D eigenvalue weighted by molar-refractivity contribution is 8.06. The number of rotatable bonds is 6. The molecule has 0 amide bonds. The minimum atomic E-state index is -4.30.